The molecular weight excluding hydrogens is 286 g/mol. The molecule has 0 aliphatic heterocycles. The van der Waals surface area contributed by atoms with Crippen LogP contribution in [0, 0.1) is 0 Å². The minimum atomic E-state index is -0.776. The molecule has 1 atom stereocenters. The van der Waals surface area contributed by atoms with Crippen molar-refractivity contribution in [3.05, 3.63) is 48.6 Å². The zero-order valence-corrected chi connectivity index (χ0v) is 14.9. The number of hydrogen-bond donors (Lipinski definition) is 2. The second-order valence-electron chi connectivity index (χ2n) is 5.72. The molecule has 0 rings (SSSR count). The number of unbranched alkanes of at least 4 members (excludes halogenated alkanes) is 2. The number of rotatable bonds is 12. The van der Waals surface area contributed by atoms with Crippen molar-refractivity contribution in [1.29, 1.82) is 0 Å². The molecule has 1 amide bonds. The highest BCUT2D eigenvalue weighted by Gasteiger charge is 2.23. The van der Waals surface area contributed by atoms with Crippen molar-refractivity contribution >= 4 is 5.91 Å². The lowest BCUT2D eigenvalue weighted by molar-refractivity contribution is -0.117. The van der Waals surface area contributed by atoms with Crippen LogP contribution in [0.5, 0.6) is 0 Å². The molecule has 0 fully saturated rings. The van der Waals surface area contributed by atoms with Gasteiger partial charge in [-0.1, -0.05) is 69.2 Å². The monoisotopic (exact) mass is 319 g/mol. The van der Waals surface area contributed by atoms with Crippen molar-refractivity contribution in [2.24, 2.45) is 0 Å². The van der Waals surface area contributed by atoms with Crippen molar-refractivity contribution in [3.63, 3.8) is 0 Å². The summed E-state index contributed by atoms with van der Waals surface area (Å²) < 4.78 is 0. The van der Waals surface area contributed by atoms with Gasteiger partial charge in [-0.05, 0) is 38.7 Å². The molecule has 0 heterocycles. The van der Waals surface area contributed by atoms with Crippen LogP contribution in [0.4, 0.5) is 0 Å². The fraction of sp³-hybridized carbons (Fsp3) is 0.550. The van der Waals surface area contributed by atoms with Crippen LogP contribution in [0.2, 0.25) is 0 Å². The van der Waals surface area contributed by atoms with E-state index in [2.05, 4.69) is 18.3 Å². The molecule has 3 nitrogen and oxygen atoms in total. The summed E-state index contributed by atoms with van der Waals surface area (Å²) >= 11 is 0. The normalized spacial score (nSPS) is 15.1. The molecule has 0 aromatic rings. The largest absolute Gasteiger partial charge is 0.388 e. The van der Waals surface area contributed by atoms with Crippen LogP contribution in [0.15, 0.2) is 48.6 Å². The van der Waals surface area contributed by atoms with Crippen LogP contribution in [0.1, 0.15) is 59.3 Å². The molecule has 130 valence electrons. The summed E-state index contributed by atoms with van der Waals surface area (Å²) in [5, 5.41) is 13.2. The molecule has 0 bridgehead atoms. The molecule has 0 saturated heterocycles. The summed E-state index contributed by atoms with van der Waals surface area (Å²) in [6.45, 7) is 6.36. The Hall–Kier alpha value is -1.61. The smallest absolute Gasteiger partial charge is 0.243 e. The standard InChI is InChI=1S/C20H33NO2/c1-4-7-9-10-11-12-13-14-15-16-19(22)21-18-20(23,6-3)17-8-5-2/h4,7,9-12,15-16,23H,5-6,8,13-14,17-18H2,1-3H3,(H,21,22). The van der Waals surface area contributed by atoms with Gasteiger partial charge in [-0.25, -0.2) is 0 Å². The van der Waals surface area contributed by atoms with E-state index in [1.807, 2.05) is 50.3 Å². The third-order valence-corrected chi connectivity index (χ3v) is 3.68. The number of carbonyl (C=O) groups excluding carboxylic acids is 1. The van der Waals surface area contributed by atoms with Gasteiger partial charge in [-0.2, -0.15) is 0 Å². The topological polar surface area (TPSA) is 49.3 Å². The number of hydrogen-bond acceptors (Lipinski definition) is 2. The number of amides is 1. The second kappa shape index (κ2) is 14.0. The van der Waals surface area contributed by atoms with Crippen LogP contribution >= 0.6 is 0 Å². The lowest BCUT2D eigenvalue weighted by Crippen LogP contribution is -2.42. The first-order valence-corrected chi connectivity index (χ1v) is 8.69. The average Bonchev–Trinajstić information content (AvgIpc) is 2.56. The fourth-order valence-electron chi connectivity index (χ4n) is 2.00. The molecule has 0 aromatic heterocycles. The minimum absolute atomic E-state index is 0.134. The molecule has 2 N–H and O–H groups in total. The highest BCUT2D eigenvalue weighted by atomic mass is 16.3. The van der Waals surface area contributed by atoms with Crippen LogP contribution in [0.25, 0.3) is 0 Å². The Morgan fingerprint density at radius 2 is 1.78 bits per heavy atom. The van der Waals surface area contributed by atoms with E-state index in [1.54, 1.807) is 6.08 Å². The summed E-state index contributed by atoms with van der Waals surface area (Å²) in [6.07, 6.45) is 20.6. The fourth-order valence-corrected chi connectivity index (χ4v) is 2.00. The van der Waals surface area contributed by atoms with Gasteiger partial charge in [0.25, 0.3) is 0 Å². The lowest BCUT2D eigenvalue weighted by Gasteiger charge is -2.26. The molecule has 23 heavy (non-hydrogen) atoms. The van der Waals surface area contributed by atoms with E-state index in [0.717, 1.165) is 32.1 Å². The maximum atomic E-state index is 11.7. The van der Waals surface area contributed by atoms with E-state index in [-0.39, 0.29) is 5.91 Å². The second-order valence-corrected chi connectivity index (χ2v) is 5.72. The summed E-state index contributed by atoms with van der Waals surface area (Å²) in [7, 11) is 0. The molecule has 0 aliphatic rings. The molecule has 0 aliphatic carbocycles. The zero-order valence-electron chi connectivity index (χ0n) is 14.9. The van der Waals surface area contributed by atoms with Crippen LogP contribution < -0.4 is 5.32 Å². The summed E-state index contributed by atoms with van der Waals surface area (Å²) in [6, 6.07) is 0. The van der Waals surface area contributed by atoms with Gasteiger partial charge in [-0.3, -0.25) is 4.79 Å². The average molecular weight is 319 g/mol. The van der Waals surface area contributed by atoms with Crippen molar-refractivity contribution in [3.8, 4) is 0 Å². The highest BCUT2D eigenvalue weighted by Crippen LogP contribution is 2.17. The first-order valence-electron chi connectivity index (χ1n) is 8.69. The van der Waals surface area contributed by atoms with Crippen LogP contribution in [0.3, 0.4) is 0 Å². The van der Waals surface area contributed by atoms with Gasteiger partial charge in [0.2, 0.25) is 5.91 Å². The summed E-state index contributed by atoms with van der Waals surface area (Å²) in [5.74, 6) is -0.134. The maximum Gasteiger partial charge on any atom is 0.243 e. The van der Waals surface area contributed by atoms with Gasteiger partial charge in [0.05, 0.1) is 5.60 Å². The van der Waals surface area contributed by atoms with Crippen molar-refractivity contribution in [2.75, 3.05) is 6.54 Å². The molecule has 0 spiro atoms. The Labute approximate surface area is 141 Å². The lowest BCUT2D eigenvalue weighted by atomic mass is 9.94. The van der Waals surface area contributed by atoms with Crippen molar-refractivity contribution in [1.82, 2.24) is 5.32 Å². The molecule has 1 unspecified atom stereocenters. The van der Waals surface area contributed by atoms with E-state index >= 15 is 0 Å². The molecule has 3 heteroatoms. The highest BCUT2D eigenvalue weighted by molar-refractivity contribution is 5.87. The van der Waals surface area contributed by atoms with E-state index in [0.29, 0.717) is 13.0 Å². The maximum absolute atomic E-state index is 11.7. The number of carbonyl (C=O) groups is 1. The molecule has 0 saturated carbocycles. The van der Waals surface area contributed by atoms with E-state index < -0.39 is 5.60 Å². The number of aliphatic hydroxyl groups is 1. The zero-order chi connectivity index (χ0) is 17.4. The Morgan fingerprint density at radius 1 is 1.09 bits per heavy atom. The third kappa shape index (κ3) is 12.6. The Bertz CT molecular complexity index is 421. The quantitative estimate of drug-likeness (QED) is 0.317. The summed E-state index contributed by atoms with van der Waals surface area (Å²) in [5.41, 5.74) is -0.776. The van der Waals surface area contributed by atoms with Gasteiger partial charge in [-0.15, -0.1) is 0 Å². The Balaban J connectivity index is 3.96. The number of nitrogens with one attached hydrogen (secondary N) is 1. The predicted molar refractivity (Wildman–Crippen MR) is 99.2 cm³/mol. The van der Waals surface area contributed by atoms with Crippen LogP contribution in [-0.4, -0.2) is 23.2 Å². The van der Waals surface area contributed by atoms with Crippen molar-refractivity contribution in [2.45, 2.75) is 64.9 Å². The first kappa shape index (κ1) is 21.4. The van der Waals surface area contributed by atoms with Gasteiger partial charge >= 0.3 is 0 Å². The van der Waals surface area contributed by atoms with E-state index in [4.69, 9.17) is 0 Å². The van der Waals surface area contributed by atoms with E-state index in [9.17, 15) is 9.90 Å². The minimum Gasteiger partial charge on any atom is -0.388 e. The first-order chi connectivity index (χ1) is 11.1. The third-order valence-electron chi connectivity index (χ3n) is 3.68. The Kier molecular flexibility index (Phi) is 13.0. The van der Waals surface area contributed by atoms with Gasteiger partial charge < -0.3 is 10.4 Å². The Morgan fingerprint density at radius 3 is 2.43 bits per heavy atom. The van der Waals surface area contributed by atoms with Gasteiger partial charge in [0.15, 0.2) is 0 Å². The number of allylic oxidation sites excluding steroid dienone is 7. The summed E-state index contributed by atoms with van der Waals surface area (Å²) in [4.78, 5) is 11.7. The van der Waals surface area contributed by atoms with Gasteiger partial charge in [0.1, 0.15) is 0 Å². The van der Waals surface area contributed by atoms with E-state index in [1.165, 1.54) is 0 Å². The molecule has 0 aromatic carbocycles. The van der Waals surface area contributed by atoms with Gasteiger partial charge in [0, 0.05) is 6.54 Å². The SMILES string of the molecule is CC=CC=CC=CCCC=CC(=O)NCC(O)(CC)CCCC. The molecule has 0 radical (unpaired) electrons. The predicted octanol–water partition coefficient (Wildman–Crippen LogP) is 4.46. The van der Waals surface area contributed by atoms with Crippen LogP contribution in [-0.2, 0) is 4.79 Å². The molecular formula is C20H33NO2. The van der Waals surface area contributed by atoms with Crippen molar-refractivity contribution < 1.29 is 9.90 Å².